The number of ether oxygens (including phenoxy) is 3. The third kappa shape index (κ3) is 6.23. The maximum Gasteiger partial charge on any atom is 0.344 e. The Morgan fingerprint density at radius 2 is 2.20 bits per heavy atom. The van der Waals surface area contributed by atoms with Crippen molar-refractivity contribution in [2.45, 2.75) is 13.5 Å². The monoisotopic (exact) mass is 301 g/mol. The minimum atomic E-state index is -0.408. The summed E-state index contributed by atoms with van der Waals surface area (Å²) in [4.78, 5) is 11.2. The van der Waals surface area contributed by atoms with Crippen molar-refractivity contribution < 1.29 is 19.0 Å². The minimum absolute atomic E-state index is 0.140. The van der Waals surface area contributed by atoms with Crippen molar-refractivity contribution in [2.24, 2.45) is 0 Å². The van der Waals surface area contributed by atoms with Crippen LogP contribution in [-0.2, 0) is 20.8 Å². The van der Waals surface area contributed by atoms with E-state index in [0.29, 0.717) is 30.5 Å². The lowest BCUT2D eigenvalue weighted by Crippen LogP contribution is -2.18. The smallest absolute Gasteiger partial charge is 0.344 e. The van der Waals surface area contributed by atoms with E-state index in [1.807, 2.05) is 12.1 Å². The van der Waals surface area contributed by atoms with Gasteiger partial charge in [-0.1, -0.05) is 17.7 Å². The fourth-order valence-electron chi connectivity index (χ4n) is 1.52. The number of rotatable bonds is 9. The molecule has 1 N–H and O–H groups in total. The van der Waals surface area contributed by atoms with Crippen LogP contribution in [0.3, 0.4) is 0 Å². The first-order chi connectivity index (χ1) is 9.67. The highest BCUT2D eigenvalue weighted by Crippen LogP contribution is 2.25. The van der Waals surface area contributed by atoms with Crippen LogP contribution in [-0.4, -0.2) is 39.4 Å². The van der Waals surface area contributed by atoms with Crippen molar-refractivity contribution in [1.82, 2.24) is 5.32 Å². The summed E-state index contributed by atoms with van der Waals surface area (Å²) < 4.78 is 15.0. The van der Waals surface area contributed by atoms with Gasteiger partial charge in [-0.25, -0.2) is 4.79 Å². The Kier molecular flexibility index (Phi) is 8.02. The number of carbonyl (C=O) groups excluding carboxylic acids is 1. The first-order valence-corrected chi connectivity index (χ1v) is 6.81. The second-order valence-corrected chi connectivity index (χ2v) is 4.44. The predicted octanol–water partition coefficient (Wildman–Crippen LogP) is 2.02. The van der Waals surface area contributed by atoms with Crippen LogP contribution in [0.1, 0.15) is 12.5 Å². The fraction of sp³-hybridized carbons (Fsp3) is 0.500. The van der Waals surface area contributed by atoms with Gasteiger partial charge in [-0.2, -0.15) is 0 Å². The highest BCUT2D eigenvalue weighted by molar-refractivity contribution is 6.32. The van der Waals surface area contributed by atoms with Gasteiger partial charge in [0.25, 0.3) is 0 Å². The maximum absolute atomic E-state index is 11.2. The average molecular weight is 302 g/mol. The Hall–Kier alpha value is -1.30. The first-order valence-electron chi connectivity index (χ1n) is 6.43. The molecule has 1 aromatic carbocycles. The Labute approximate surface area is 124 Å². The summed E-state index contributed by atoms with van der Waals surface area (Å²) in [6, 6.07) is 5.45. The van der Waals surface area contributed by atoms with Crippen molar-refractivity contribution in [3.63, 3.8) is 0 Å². The van der Waals surface area contributed by atoms with Gasteiger partial charge in [-0.3, -0.25) is 0 Å². The number of hydrogen-bond acceptors (Lipinski definition) is 5. The number of esters is 1. The molecule has 0 unspecified atom stereocenters. The van der Waals surface area contributed by atoms with E-state index in [-0.39, 0.29) is 6.61 Å². The summed E-state index contributed by atoms with van der Waals surface area (Å²) in [5.74, 6) is 0.0641. The third-order valence-corrected chi connectivity index (χ3v) is 2.75. The van der Waals surface area contributed by atoms with Crippen molar-refractivity contribution in [3.05, 3.63) is 28.8 Å². The van der Waals surface area contributed by atoms with Gasteiger partial charge >= 0.3 is 5.97 Å². The van der Waals surface area contributed by atoms with E-state index in [1.54, 1.807) is 20.1 Å². The van der Waals surface area contributed by atoms with Crippen LogP contribution in [0.2, 0.25) is 5.02 Å². The normalized spacial score (nSPS) is 10.3. The SMILES string of the molecule is CCOC(=O)COc1ccc(CNCCOC)cc1Cl. The Bertz CT molecular complexity index is 426. The molecule has 0 radical (unpaired) electrons. The molecule has 1 aromatic rings. The van der Waals surface area contributed by atoms with Crippen molar-refractivity contribution in [1.29, 1.82) is 0 Å². The second kappa shape index (κ2) is 9.58. The van der Waals surface area contributed by atoms with Gasteiger partial charge in [0.15, 0.2) is 6.61 Å². The van der Waals surface area contributed by atoms with E-state index in [4.69, 9.17) is 25.8 Å². The largest absolute Gasteiger partial charge is 0.480 e. The molecule has 112 valence electrons. The summed E-state index contributed by atoms with van der Waals surface area (Å²) in [6.07, 6.45) is 0. The number of methoxy groups -OCH3 is 1. The molecule has 0 amide bonds. The standard InChI is InChI=1S/C14H20ClNO4/c1-3-19-14(17)10-20-13-5-4-11(8-12(13)15)9-16-6-7-18-2/h4-5,8,16H,3,6-7,9-10H2,1-2H3. The van der Waals surface area contributed by atoms with Crippen molar-refractivity contribution in [2.75, 3.05) is 33.5 Å². The molecule has 0 saturated carbocycles. The molecule has 0 spiro atoms. The van der Waals surface area contributed by atoms with Crippen LogP contribution in [0.5, 0.6) is 5.75 Å². The molecular formula is C14H20ClNO4. The molecule has 0 heterocycles. The topological polar surface area (TPSA) is 56.8 Å². The average Bonchev–Trinajstić information content (AvgIpc) is 2.43. The van der Waals surface area contributed by atoms with Gasteiger partial charge < -0.3 is 19.5 Å². The molecule has 6 heteroatoms. The molecule has 0 aliphatic heterocycles. The summed E-state index contributed by atoms with van der Waals surface area (Å²) in [6.45, 7) is 4.07. The van der Waals surface area contributed by atoms with Gasteiger partial charge in [0.1, 0.15) is 5.75 Å². The van der Waals surface area contributed by atoms with E-state index >= 15 is 0 Å². The molecule has 0 aliphatic rings. The molecule has 0 aromatic heterocycles. The molecule has 0 saturated heterocycles. The third-order valence-electron chi connectivity index (χ3n) is 2.46. The lowest BCUT2D eigenvalue weighted by molar-refractivity contribution is -0.145. The van der Waals surface area contributed by atoms with Crippen LogP contribution in [0.15, 0.2) is 18.2 Å². The predicted molar refractivity (Wildman–Crippen MR) is 77.2 cm³/mol. The lowest BCUT2D eigenvalue weighted by atomic mass is 10.2. The van der Waals surface area contributed by atoms with Gasteiger partial charge in [0.2, 0.25) is 0 Å². The molecule has 0 fully saturated rings. The number of carbonyl (C=O) groups is 1. The van der Waals surface area contributed by atoms with Gasteiger partial charge in [0, 0.05) is 20.2 Å². The summed E-state index contributed by atoms with van der Waals surface area (Å²) in [5, 5.41) is 3.69. The second-order valence-electron chi connectivity index (χ2n) is 4.03. The first kappa shape index (κ1) is 16.8. The zero-order chi connectivity index (χ0) is 14.8. The van der Waals surface area contributed by atoms with Gasteiger partial charge in [-0.05, 0) is 24.6 Å². The summed E-state index contributed by atoms with van der Waals surface area (Å²) in [7, 11) is 1.66. The summed E-state index contributed by atoms with van der Waals surface area (Å²) in [5.41, 5.74) is 1.04. The number of benzene rings is 1. The molecule has 20 heavy (non-hydrogen) atoms. The molecule has 5 nitrogen and oxygen atoms in total. The van der Waals surface area contributed by atoms with Crippen molar-refractivity contribution in [3.8, 4) is 5.75 Å². The fourth-order valence-corrected chi connectivity index (χ4v) is 1.78. The molecular weight excluding hydrogens is 282 g/mol. The summed E-state index contributed by atoms with van der Waals surface area (Å²) >= 11 is 6.10. The van der Waals surface area contributed by atoms with Crippen LogP contribution < -0.4 is 10.1 Å². The Morgan fingerprint density at radius 3 is 2.85 bits per heavy atom. The van der Waals surface area contributed by atoms with Crippen molar-refractivity contribution >= 4 is 17.6 Å². The van der Waals surface area contributed by atoms with Gasteiger partial charge in [0.05, 0.1) is 18.2 Å². The van der Waals surface area contributed by atoms with Crippen LogP contribution in [0.4, 0.5) is 0 Å². The Balaban J connectivity index is 2.44. The van der Waals surface area contributed by atoms with E-state index in [1.165, 1.54) is 0 Å². The molecule has 0 atom stereocenters. The van der Waals surface area contributed by atoms with Crippen LogP contribution in [0, 0.1) is 0 Å². The number of nitrogens with one attached hydrogen (secondary N) is 1. The lowest BCUT2D eigenvalue weighted by Gasteiger charge is -2.09. The quantitative estimate of drug-likeness (QED) is 0.558. The Morgan fingerprint density at radius 1 is 1.40 bits per heavy atom. The maximum atomic E-state index is 11.2. The highest BCUT2D eigenvalue weighted by Gasteiger charge is 2.07. The van der Waals surface area contributed by atoms with E-state index in [2.05, 4.69) is 5.32 Å². The van der Waals surface area contributed by atoms with Crippen LogP contribution in [0.25, 0.3) is 0 Å². The zero-order valence-electron chi connectivity index (χ0n) is 11.8. The van der Waals surface area contributed by atoms with Gasteiger partial charge in [-0.15, -0.1) is 0 Å². The molecule has 0 bridgehead atoms. The number of halogens is 1. The zero-order valence-corrected chi connectivity index (χ0v) is 12.5. The van der Waals surface area contributed by atoms with E-state index in [0.717, 1.165) is 12.1 Å². The highest BCUT2D eigenvalue weighted by atomic mass is 35.5. The van der Waals surface area contributed by atoms with E-state index < -0.39 is 5.97 Å². The molecule has 1 rings (SSSR count). The molecule has 0 aliphatic carbocycles. The minimum Gasteiger partial charge on any atom is -0.480 e. The van der Waals surface area contributed by atoms with Crippen LogP contribution >= 0.6 is 11.6 Å². The number of hydrogen-bond donors (Lipinski definition) is 1. The van der Waals surface area contributed by atoms with E-state index in [9.17, 15) is 4.79 Å².